The van der Waals surface area contributed by atoms with Crippen LogP contribution in [-0.2, 0) is 18.4 Å². The van der Waals surface area contributed by atoms with Gasteiger partial charge in [-0.3, -0.25) is 13.9 Å². The third kappa shape index (κ3) is 4.39. The first-order chi connectivity index (χ1) is 13.3. The summed E-state index contributed by atoms with van der Waals surface area (Å²) in [5.41, 5.74) is 2.39. The lowest BCUT2D eigenvalue weighted by molar-refractivity contribution is -0.121. The molecule has 0 aliphatic carbocycles. The lowest BCUT2D eigenvalue weighted by Crippen LogP contribution is -2.33. The van der Waals surface area contributed by atoms with Gasteiger partial charge >= 0.3 is 5.69 Å². The monoisotopic (exact) mass is 420 g/mol. The van der Waals surface area contributed by atoms with Gasteiger partial charge in [-0.2, -0.15) is 0 Å². The van der Waals surface area contributed by atoms with Crippen molar-refractivity contribution in [2.75, 3.05) is 6.54 Å². The van der Waals surface area contributed by atoms with Crippen LogP contribution in [0.5, 0.6) is 0 Å². The highest BCUT2D eigenvalue weighted by molar-refractivity contribution is 6.35. The van der Waals surface area contributed by atoms with Gasteiger partial charge in [0.05, 0.1) is 5.52 Å². The number of hydrogen-bond donors (Lipinski definition) is 1. The molecule has 3 rings (SSSR count). The van der Waals surface area contributed by atoms with Crippen molar-refractivity contribution in [2.24, 2.45) is 13.0 Å². The fraction of sp³-hybridized carbons (Fsp3) is 0.350. The van der Waals surface area contributed by atoms with Gasteiger partial charge in [-0.1, -0.05) is 37.0 Å². The summed E-state index contributed by atoms with van der Waals surface area (Å²) >= 11 is 12.2. The average Bonchev–Trinajstić information content (AvgIpc) is 2.85. The number of carbonyl (C=O) groups is 1. The number of aryl methyl sites for hydroxylation is 1. The number of fused-ring (bicyclic) bond motifs is 1. The lowest BCUT2D eigenvalue weighted by atomic mass is 10.1. The number of hydrogen-bond acceptors (Lipinski definition) is 3. The molecule has 1 aromatic carbocycles. The Balaban J connectivity index is 1.93. The number of rotatable bonds is 6. The summed E-state index contributed by atoms with van der Waals surface area (Å²) < 4.78 is 2.87. The van der Waals surface area contributed by atoms with Gasteiger partial charge in [-0.15, -0.1) is 0 Å². The standard InChI is InChI=1S/C20H22Cl2N4O2/c1-12(2)4-5-23-18(27)11-26-19-17(25(3)20(26)28)8-14(10-24-19)13-6-15(21)9-16(22)7-13/h6-10,12H,4-5,11H2,1-3H3,(H,23,27). The zero-order valence-corrected chi connectivity index (χ0v) is 17.5. The molecule has 3 aromatic rings. The van der Waals surface area contributed by atoms with Gasteiger partial charge < -0.3 is 5.32 Å². The van der Waals surface area contributed by atoms with Crippen LogP contribution >= 0.6 is 23.2 Å². The Kier molecular flexibility index (Phi) is 6.10. The summed E-state index contributed by atoms with van der Waals surface area (Å²) in [4.78, 5) is 29.3. The van der Waals surface area contributed by atoms with E-state index in [9.17, 15) is 9.59 Å². The normalized spacial score (nSPS) is 11.4. The van der Waals surface area contributed by atoms with E-state index in [1.54, 1.807) is 31.4 Å². The van der Waals surface area contributed by atoms with Crippen LogP contribution in [0.2, 0.25) is 10.0 Å². The van der Waals surface area contributed by atoms with E-state index in [2.05, 4.69) is 24.1 Å². The fourth-order valence-corrected chi connectivity index (χ4v) is 3.52. The van der Waals surface area contributed by atoms with Crippen LogP contribution in [0.15, 0.2) is 35.3 Å². The number of carbonyl (C=O) groups excluding carboxylic acids is 1. The smallest absolute Gasteiger partial charge is 0.330 e. The predicted octanol–water partition coefficient (Wildman–Crippen LogP) is 3.87. The first kappa shape index (κ1) is 20.4. The Hall–Kier alpha value is -2.31. The van der Waals surface area contributed by atoms with E-state index in [0.29, 0.717) is 33.7 Å². The third-order valence-electron chi connectivity index (χ3n) is 4.52. The van der Waals surface area contributed by atoms with E-state index in [0.717, 1.165) is 17.5 Å². The molecule has 0 fully saturated rings. The number of aromatic nitrogens is 3. The summed E-state index contributed by atoms with van der Waals surface area (Å²) in [7, 11) is 1.66. The molecule has 1 N–H and O–H groups in total. The minimum absolute atomic E-state index is 0.0659. The van der Waals surface area contributed by atoms with Crippen LogP contribution in [0.3, 0.4) is 0 Å². The zero-order valence-electron chi connectivity index (χ0n) is 16.0. The van der Waals surface area contributed by atoms with Crippen molar-refractivity contribution in [3.63, 3.8) is 0 Å². The first-order valence-electron chi connectivity index (χ1n) is 9.04. The maximum absolute atomic E-state index is 12.6. The highest BCUT2D eigenvalue weighted by Gasteiger charge is 2.16. The van der Waals surface area contributed by atoms with Crippen LogP contribution in [-0.4, -0.2) is 26.6 Å². The topological polar surface area (TPSA) is 68.9 Å². The molecule has 0 aliphatic heterocycles. The Morgan fingerprint density at radius 2 is 1.82 bits per heavy atom. The van der Waals surface area contributed by atoms with Gasteiger partial charge in [0, 0.05) is 35.4 Å². The van der Waals surface area contributed by atoms with Crippen LogP contribution in [0.4, 0.5) is 0 Å². The first-order valence-corrected chi connectivity index (χ1v) is 9.80. The van der Waals surface area contributed by atoms with Gasteiger partial charge in [-0.05, 0) is 42.2 Å². The maximum atomic E-state index is 12.6. The Labute approximate surface area is 173 Å². The minimum atomic E-state index is -0.289. The summed E-state index contributed by atoms with van der Waals surface area (Å²) in [5.74, 6) is 0.295. The van der Waals surface area contributed by atoms with Crippen molar-refractivity contribution in [3.8, 4) is 11.1 Å². The molecule has 0 bridgehead atoms. The second kappa shape index (κ2) is 8.37. The summed E-state index contributed by atoms with van der Waals surface area (Å²) in [6, 6.07) is 7.07. The van der Waals surface area contributed by atoms with Crippen molar-refractivity contribution in [1.29, 1.82) is 0 Å². The molecule has 2 aromatic heterocycles. The molecule has 148 valence electrons. The summed E-state index contributed by atoms with van der Waals surface area (Å²) in [5, 5.41) is 3.89. The molecule has 0 radical (unpaired) electrons. The van der Waals surface area contributed by atoms with Gasteiger partial charge in [0.2, 0.25) is 5.91 Å². The highest BCUT2D eigenvalue weighted by Crippen LogP contribution is 2.28. The van der Waals surface area contributed by atoms with E-state index in [1.807, 2.05) is 6.07 Å². The number of amides is 1. The molecular weight excluding hydrogens is 399 g/mol. The lowest BCUT2D eigenvalue weighted by Gasteiger charge is -2.08. The van der Waals surface area contributed by atoms with Crippen molar-refractivity contribution >= 4 is 40.3 Å². The van der Waals surface area contributed by atoms with E-state index in [-0.39, 0.29) is 18.1 Å². The average molecular weight is 421 g/mol. The van der Waals surface area contributed by atoms with E-state index >= 15 is 0 Å². The number of halogens is 2. The molecule has 0 saturated carbocycles. The van der Waals surface area contributed by atoms with Gasteiger partial charge in [-0.25, -0.2) is 9.78 Å². The molecule has 0 aliphatic rings. The minimum Gasteiger partial charge on any atom is -0.355 e. The van der Waals surface area contributed by atoms with Crippen LogP contribution in [0.1, 0.15) is 20.3 Å². The molecular formula is C20H22Cl2N4O2. The van der Waals surface area contributed by atoms with Gasteiger partial charge in [0.25, 0.3) is 0 Å². The number of imidazole rings is 1. The zero-order chi connectivity index (χ0) is 20.4. The predicted molar refractivity (Wildman–Crippen MR) is 113 cm³/mol. The SMILES string of the molecule is CC(C)CCNC(=O)Cn1c(=O)n(C)c2cc(-c3cc(Cl)cc(Cl)c3)cnc21. The Morgan fingerprint density at radius 1 is 1.14 bits per heavy atom. The molecule has 0 spiro atoms. The molecule has 0 saturated heterocycles. The van der Waals surface area contributed by atoms with Gasteiger partial charge in [0.15, 0.2) is 5.65 Å². The molecule has 1 amide bonds. The Morgan fingerprint density at radius 3 is 2.46 bits per heavy atom. The Bertz CT molecular complexity index is 1070. The van der Waals surface area contributed by atoms with Crippen LogP contribution < -0.4 is 11.0 Å². The molecule has 2 heterocycles. The van der Waals surface area contributed by atoms with Crippen molar-refractivity contribution in [2.45, 2.75) is 26.8 Å². The van der Waals surface area contributed by atoms with Crippen LogP contribution in [0.25, 0.3) is 22.3 Å². The molecule has 28 heavy (non-hydrogen) atoms. The van der Waals surface area contributed by atoms with E-state index < -0.39 is 0 Å². The summed E-state index contributed by atoms with van der Waals surface area (Å²) in [6.07, 6.45) is 2.54. The van der Waals surface area contributed by atoms with Crippen LogP contribution in [0, 0.1) is 5.92 Å². The quantitative estimate of drug-likeness (QED) is 0.657. The second-order valence-corrected chi connectivity index (χ2v) is 8.06. The molecule has 6 nitrogen and oxygen atoms in total. The molecule has 0 unspecified atom stereocenters. The van der Waals surface area contributed by atoms with Crippen molar-refractivity contribution in [3.05, 3.63) is 51.0 Å². The largest absolute Gasteiger partial charge is 0.355 e. The van der Waals surface area contributed by atoms with E-state index in [1.165, 1.54) is 9.13 Å². The summed E-state index contributed by atoms with van der Waals surface area (Å²) in [6.45, 7) is 4.71. The maximum Gasteiger partial charge on any atom is 0.330 e. The highest BCUT2D eigenvalue weighted by atomic mass is 35.5. The van der Waals surface area contributed by atoms with Crippen molar-refractivity contribution < 1.29 is 4.79 Å². The molecule has 0 atom stereocenters. The third-order valence-corrected chi connectivity index (χ3v) is 4.96. The van der Waals surface area contributed by atoms with Gasteiger partial charge in [0.1, 0.15) is 6.54 Å². The number of nitrogens with zero attached hydrogens (tertiary/aromatic N) is 3. The molecule has 8 heteroatoms. The number of pyridine rings is 1. The number of benzene rings is 1. The number of nitrogens with one attached hydrogen (secondary N) is 1. The van der Waals surface area contributed by atoms with Crippen molar-refractivity contribution in [1.82, 2.24) is 19.4 Å². The second-order valence-electron chi connectivity index (χ2n) is 7.19. The van der Waals surface area contributed by atoms with E-state index in [4.69, 9.17) is 23.2 Å². The fourth-order valence-electron chi connectivity index (χ4n) is 3.00.